The molecule has 1 N–H and O–H groups in total. The molecule has 0 unspecified atom stereocenters. The molecule has 1 saturated heterocycles. The van der Waals surface area contributed by atoms with Crippen molar-refractivity contribution in [3.63, 3.8) is 0 Å². The number of anilines is 1. The van der Waals surface area contributed by atoms with E-state index in [0.717, 1.165) is 49.5 Å². The third kappa shape index (κ3) is 3.63. The van der Waals surface area contributed by atoms with E-state index in [2.05, 4.69) is 30.5 Å². The molecule has 0 atom stereocenters. The minimum atomic E-state index is 0.0635. The lowest BCUT2D eigenvalue weighted by Gasteiger charge is -2.32. The van der Waals surface area contributed by atoms with Crippen LogP contribution < -0.4 is 10.2 Å². The first-order valence-corrected chi connectivity index (χ1v) is 8.89. The number of carbonyl (C=O) groups excluding carboxylic acids is 1. The maximum absolute atomic E-state index is 12.4. The van der Waals surface area contributed by atoms with Crippen molar-refractivity contribution in [2.75, 3.05) is 24.5 Å². The third-order valence-electron chi connectivity index (χ3n) is 4.74. The van der Waals surface area contributed by atoms with Crippen LogP contribution in [0.3, 0.4) is 0 Å². The zero-order chi connectivity index (χ0) is 17.8. The van der Waals surface area contributed by atoms with Gasteiger partial charge in [0.1, 0.15) is 12.1 Å². The summed E-state index contributed by atoms with van der Waals surface area (Å²) in [6.07, 6.45) is 5.79. The van der Waals surface area contributed by atoms with E-state index in [1.807, 2.05) is 30.3 Å². The molecule has 0 saturated carbocycles. The molecule has 26 heavy (non-hydrogen) atoms. The Balaban J connectivity index is 1.26. The van der Waals surface area contributed by atoms with E-state index < -0.39 is 0 Å². The fraction of sp³-hybridized carbons (Fsp3) is 0.389. The molecule has 1 aliphatic rings. The maximum atomic E-state index is 12.4. The van der Waals surface area contributed by atoms with Gasteiger partial charge in [-0.1, -0.05) is 6.07 Å². The highest BCUT2D eigenvalue weighted by atomic mass is 16.1. The first kappa shape index (κ1) is 16.4. The highest BCUT2D eigenvalue weighted by Crippen LogP contribution is 2.22. The van der Waals surface area contributed by atoms with Crippen LogP contribution in [-0.4, -0.2) is 50.3 Å². The van der Waals surface area contributed by atoms with Crippen molar-refractivity contribution in [2.24, 2.45) is 5.92 Å². The summed E-state index contributed by atoms with van der Waals surface area (Å²) in [6.45, 7) is 2.26. The first-order valence-electron chi connectivity index (χ1n) is 8.89. The third-order valence-corrected chi connectivity index (χ3v) is 4.74. The summed E-state index contributed by atoms with van der Waals surface area (Å²) in [5.41, 5.74) is 1.73. The molecule has 3 aromatic rings. The van der Waals surface area contributed by atoms with E-state index >= 15 is 0 Å². The highest BCUT2D eigenvalue weighted by Gasteiger charge is 2.25. The van der Waals surface area contributed by atoms with E-state index in [9.17, 15) is 4.79 Å². The molecule has 0 aliphatic carbocycles. The van der Waals surface area contributed by atoms with Crippen LogP contribution in [0.4, 0.5) is 5.82 Å². The molecule has 0 aromatic carbocycles. The number of hydrogen-bond acceptors (Lipinski definition) is 6. The average Bonchev–Trinajstić information content (AvgIpc) is 3.17. The van der Waals surface area contributed by atoms with E-state index in [4.69, 9.17) is 0 Å². The normalized spacial score (nSPS) is 15.3. The highest BCUT2D eigenvalue weighted by molar-refractivity contribution is 5.79. The predicted octanol–water partition coefficient (Wildman–Crippen LogP) is 1.09. The molecule has 0 spiro atoms. The van der Waals surface area contributed by atoms with Crippen molar-refractivity contribution in [1.29, 1.82) is 0 Å². The van der Waals surface area contributed by atoms with Gasteiger partial charge in [-0.05, 0) is 37.1 Å². The number of hydrogen-bond donors (Lipinski definition) is 1. The number of nitrogens with zero attached hydrogens (tertiary/aromatic N) is 6. The quantitative estimate of drug-likeness (QED) is 0.740. The van der Waals surface area contributed by atoms with Gasteiger partial charge < -0.3 is 10.2 Å². The Bertz CT molecular complexity index is 871. The largest absolute Gasteiger partial charge is 0.355 e. The fourth-order valence-electron chi connectivity index (χ4n) is 3.26. The Hall–Kier alpha value is -3.03. The van der Waals surface area contributed by atoms with Crippen LogP contribution >= 0.6 is 0 Å². The second-order valence-electron chi connectivity index (χ2n) is 6.45. The SMILES string of the molecule is O=C(NCCc1ccccn1)C1CCN(c2ccc3nncn3n2)CC1. The number of pyridine rings is 1. The van der Waals surface area contributed by atoms with Crippen molar-refractivity contribution in [1.82, 2.24) is 30.1 Å². The topological polar surface area (TPSA) is 88.3 Å². The molecule has 1 amide bonds. The van der Waals surface area contributed by atoms with E-state index in [0.29, 0.717) is 6.54 Å². The maximum Gasteiger partial charge on any atom is 0.223 e. The number of aromatic nitrogens is 5. The summed E-state index contributed by atoms with van der Waals surface area (Å²) in [6, 6.07) is 9.70. The Morgan fingerprint density at radius 1 is 1.19 bits per heavy atom. The van der Waals surface area contributed by atoms with E-state index in [1.165, 1.54) is 0 Å². The molecule has 8 nitrogen and oxygen atoms in total. The number of fused-ring (bicyclic) bond motifs is 1. The van der Waals surface area contributed by atoms with Gasteiger partial charge in [0.15, 0.2) is 5.65 Å². The van der Waals surface area contributed by atoms with Gasteiger partial charge >= 0.3 is 0 Å². The Morgan fingerprint density at radius 2 is 2.08 bits per heavy atom. The van der Waals surface area contributed by atoms with Crippen molar-refractivity contribution in [3.05, 3.63) is 48.5 Å². The monoisotopic (exact) mass is 351 g/mol. The minimum Gasteiger partial charge on any atom is -0.355 e. The van der Waals surface area contributed by atoms with Crippen molar-refractivity contribution < 1.29 is 4.79 Å². The van der Waals surface area contributed by atoms with Crippen LogP contribution in [0.2, 0.25) is 0 Å². The van der Waals surface area contributed by atoms with Crippen LogP contribution in [0.15, 0.2) is 42.9 Å². The number of carbonyl (C=O) groups is 1. The molecular formula is C18H21N7O. The molecule has 0 radical (unpaired) electrons. The lowest BCUT2D eigenvalue weighted by molar-refractivity contribution is -0.125. The van der Waals surface area contributed by atoms with Crippen molar-refractivity contribution in [2.45, 2.75) is 19.3 Å². The molecule has 0 bridgehead atoms. The summed E-state index contributed by atoms with van der Waals surface area (Å²) >= 11 is 0. The van der Waals surface area contributed by atoms with Gasteiger partial charge in [-0.25, -0.2) is 0 Å². The first-order chi connectivity index (χ1) is 12.8. The van der Waals surface area contributed by atoms with Gasteiger partial charge in [-0.3, -0.25) is 9.78 Å². The van der Waals surface area contributed by atoms with Crippen LogP contribution in [0.5, 0.6) is 0 Å². The molecule has 4 rings (SSSR count). The van der Waals surface area contributed by atoms with Gasteiger partial charge in [-0.2, -0.15) is 4.52 Å². The summed E-state index contributed by atoms with van der Waals surface area (Å²) < 4.78 is 1.67. The summed E-state index contributed by atoms with van der Waals surface area (Å²) in [5, 5.41) is 15.4. The Morgan fingerprint density at radius 3 is 2.88 bits per heavy atom. The van der Waals surface area contributed by atoms with Crippen LogP contribution in [0.1, 0.15) is 18.5 Å². The second kappa shape index (κ2) is 7.47. The van der Waals surface area contributed by atoms with Gasteiger partial charge in [0.25, 0.3) is 0 Å². The fourth-order valence-corrected chi connectivity index (χ4v) is 3.26. The predicted molar refractivity (Wildman–Crippen MR) is 96.7 cm³/mol. The molecule has 1 fully saturated rings. The molecule has 4 heterocycles. The number of nitrogens with one attached hydrogen (secondary N) is 1. The van der Waals surface area contributed by atoms with Crippen LogP contribution in [0, 0.1) is 5.92 Å². The van der Waals surface area contributed by atoms with Crippen molar-refractivity contribution in [3.8, 4) is 0 Å². The molecule has 1 aliphatic heterocycles. The Kier molecular flexibility index (Phi) is 4.72. The number of piperidine rings is 1. The van der Waals surface area contributed by atoms with Crippen LogP contribution in [-0.2, 0) is 11.2 Å². The molecule has 8 heteroatoms. The summed E-state index contributed by atoms with van der Waals surface area (Å²) in [7, 11) is 0. The number of amides is 1. The van der Waals surface area contributed by atoms with E-state index in [-0.39, 0.29) is 11.8 Å². The van der Waals surface area contributed by atoms with Crippen molar-refractivity contribution >= 4 is 17.4 Å². The van der Waals surface area contributed by atoms with Gasteiger partial charge in [0.2, 0.25) is 5.91 Å². The van der Waals surface area contributed by atoms with Gasteiger partial charge in [0.05, 0.1) is 0 Å². The molecular weight excluding hydrogens is 330 g/mol. The summed E-state index contributed by atoms with van der Waals surface area (Å²) in [5.74, 6) is 1.10. The lowest BCUT2D eigenvalue weighted by atomic mass is 9.96. The molecule has 134 valence electrons. The minimum absolute atomic E-state index is 0.0635. The lowest BCUT2D eigenvalue weighted by Crippen LogP contribution is -2.41. The van der Waals surface area contributed by atoms with E-state index in [1.54, 1.807) is 17.0 Å². The average molecular weight is 351 g/mol. The smallest absolute Gasteiger partial charge is 0.223 e. The van der Waals surface area contributed by atoms with Gasteiger partial charge in [0, 0.05) is 43.9 Å². The zero-order valence-electron chi connectivity index (χ0n) is 14.5. The zero-order valence-corrected chi connectivity index (χ0v) is 14.5. The van der Waals surface area contributed by atoms with Gasteiger partial charge in [-0.15, -0.1) is 15.3 Å². The Labute approximate surface area is 151 Å². The standard InChI is InChI=1S/C18H21N7O/c26-18(20-10-6-15-3-1-2-9-19-15)14-7-11-24(12-8-14)17-5-4-16-22-21-13-25(16)23-17/h1-5,9,13-14H,6-8,10-12H2,(H,20,26). The number of rotatable bonds is 5. The van der Waals surface area contributed by atoms with Crippen LogP contribution in [0.25, 0.3) is 5.65 Å². The molecule has 3 aromatic heterocycles. The summed E-state index contributed by atoms with van der Waals surface area (Å²) in [4.78, 5) is 18.9. The second-order valence-corrected chi connectivity index (χ2v) is 6.45.